The lowest BCUT2D eigenvalue weighted by atomic mass is 10.1. The number of aromatic nitrogens is 2. The molecule has 0 aliphatic heterocycles. The van der Waals surface area contributed by atoms with Gasteiger partial charge < -0.3 is 14.0 Å². The maximum atomic E-state index is 12.7. The average Bonchev–Trinajstić information content (AvgIpc) is 3.32. The quantitative estimate of drug-likeness (QED) is 0.539. The number of thiazole rings is 1. The van der Waals surface area contributed by atoms with Crippen molar-refractivity contribution in [2.45, 2.75) is 0 Å². The van der Waals surface area contributed by atoms with Crippen LogP contribution in [0.15, 0.2) is 53.9 Å². The zero-order valence-electron chi connectivity index (χ0n) is 15.7. The Bertz CT molecular complexity index is 1160. The second-order valence-corrected chi connectivity index (χ2v) is 7.07. The summed E-state index contributed by atoms with van der Waals surface area (Å²) in [7, 11) is 5.08. The van der Waals surface area contributed by atoms with Crippen molar-refractivity contribution in [2.75, 3.05) is 19.5 Å². The molecule has 28 heavy (non-hydrogen) atoms. The standard InChI is InChI=1S/C21H19N3O3S/c1-24-16-7-5-4-6-14(16)10-17(24)20(25)23-21-22-15(12-28-21)13-8-9-18(26-2)19(11-13)27-3/h4-12H,1-3H3,(H,22,23,25). The lowest BCUT2D eigenvalue weighted by Crippen LogP contribution is -2.15. The highest BCUT2D eigenvalue weighted by molar-refractivity contribution is 7.14. The Morgan fingerprint density at radius 3 is 2.61 bits per heavy atom. The number of amides is 1. The van der Waals surface area contributed by atoms with Gasteiger partial charge in [-0.25, -0.2) is 4.98 Å². The van der Waals surface area contributed by atoms with E-state index >= 15 is 0 Å². The number of ether oxygens (including phenoxy) is 2. The van der Waals surface area contributed by atoms with E-state index in [1.54, 1.807) is 14.2 Å². The lowest BCUT2D eigenvalue weighted by Gasteiger charge is -2.08. The van der Waals surface area contributed by atoms with Gasteiger partial charge in [-0.05, 0) is 30.3 Å². The maximum Gasteiger partial charge on any atom is 0.274 e. The molecule has 0 aliphatic carbocycles. The minimum Gasteiger partial charge on any atom is -0.493 e. The SMILES string of the molecule is COc1ccc(-c2csc(NC(=O)c3cc4ccccc4n3C)n2)cc1OC. The van der Waals surface area contributed by atoms with Gasteiger partial charge in [0.25, 0.3) is 5.91 Å². The van der Waals surface area contributed by atoms with E-state index in [-0.39, 0.29) is 5.91 Å². The summed E-state index contributed by atoms with van der Waals surface area (Å²) in [4.78, 5) is 17.3. The van der Waals surface area contributed by atoms with E-state index in [0.29, 0.717) is 22.3 Å². The van der Waals surface area contributed by atoms with Crippen LogP contribution >= 0.6 is 11.3 Å². The summed E-state index contributed by atoms with van der Waals surface area (Å²) in [6, 6.07) is 15.4. The number of methoxy groups -OCH3 is 2. The van der Waals surface area contributed by atoms with E-state index in [2.05, 4.69) is 10.3 Å². The molecule has 0 atom stereocenters. The van der Waals surface area contributed by atoms with E-state index in [0.717, 1.165) is 22.2 Å². The third-order valence-electron chi connectivity index (χ3n) is 4.59. The number of nitrogens with zero attached hydrogens (tertiary/aromatic N) is 2. The summed E-state index contributed by atoms with van der Waals surface area (Å²) >= 11 is 1.38. The van der Waals surface area contributed by atoms with Crippen LogP contribution < -0.4 is 14.8 Å². The fraction of sp³-hybridized carbons (Fsp3) is 0.143. The first kappa shape index (κ1) is 18.1. The number of aryl methyl sites for hydroxylation is 1. The first-order valence-electron chi connectivity index (χ1n) is 8.64. The molecule has 4 rings (SSSR count). The van der Waals surface area contributed by atoms with Crippen LogP contribution in [0.3, 0.4) is 0 Å². The van der Waals surface area contributed by atoms with E-state index in [9.17, 15) is 4.79 Å². The zero-order valence-corrected chi connectivity index (χ0v) is 16.5. The Hall–Kier alpha value is -3.32. The van der Waals surface area contributed by atoms with Crippen molar-refractivity contribution in [3.8, 4) is 22.8 Å². The van der Waals surface area contributed by atoms with Gasteiger partial charge in [0.05, 0.1) is 19.9 Å². The molecule has 4 aromatic rings. The number of hydrogen-bond donors (Lipinski definition) is 1. The number of carbonyl (C=O) groups excluding carboxylic acids is 1. The molecule has 142 valence electrons. The molecule has 0 unspecified atom stereocenters. The van der Waals surface area contributed by atoms with Gasteiger partial charge in [0.2, 0.25) is 0 Å². The normalized spacial score (nSPS) is 10.8. The van der Waals surface area contributed by atoms with Gasteiger partial charge in [-0.3, -0.25) is 10.1 Å². The van der Waals surface area contributed by atoms with E-state index in [4.69, 9.17) is 9.47 Å². The summed E-state index contributed by atoms with van der Waals surface area (Å²) in [5.41, 5.74) is 3.25. The number of nitrogens with one attached hydrogen (secondary N) is 1. The average molecular weight is 393 g/mol. The molecular weight excluding hydrogens is 374 g/mol. The van der Waals surface area contributed by atoms with Crippen molar-refractivity contribution in [3.05, 3.63) is 59.6 Å². The Morgan fingerprint density at radius 1 is 1.07 bits per heavy atom. The topological polar surface area (TPSA) is 65.4 Å². The van der Waals surface area contributed by atoms with E-state index < -0.39 is 0 Å². The number of rotatable bonds is 5. The summed E-state index contributed by atoms with van der Waals surface area (Å²) in [6.45, 7) is 0. The van der Waals surface area contributed by atoms with Crippen LogP contribution in [0.25, 0.3) is 22.2 Å². The van der Waals surface area contributed by atoms with Crippen LogP contribution in [0, 0.1) is 0 Å². The number of fused-ring (bicyclic) bond motifs is 1. The molecule has 2 aromatic carbocycles. The number of hydrogen-bond acceptors (Lipinski definition) is 5. The van der Waals surface area contributed by atoms with Gasteiger partial charge in [-0.15, -0.1) is 11.3 Å². The van der Waals surface area contributed by atoms with Crippen molar-refractivity contribution in [1.82, 2.24) is 9.55 Å². The predicted octanol–water partition coefficient (Wildman–Crippen LogP) is 4.57. The minimum absolute atomic E-state index is 0.188. The molecule has 6 nitrogen and oxygen atoms in total. The summed E-state index contributed by atoms with van der Waals surface area (Å²) in [5.74, 6) is 1.10. The van der Waals surface area contributed by atoms with Crippen molar-refractivity contribution >= 4 is 33.3 Å². The molecule has 0 radical (unpaired) electrons. The van der Waals surface area contributed by atoms with Gasteiger partial charge in [-0.1, -0.05) is 18.2 Å². The summed E-state index contributed by atoms with van der Waals surface area (Å²) in [5, 5.41) is 6.36. The van der Waals surface area contributed by atoms with Gasteiger partial charge in [-0.2, -0.15) is 0 Å². The predicted molar refractivity (Wildman–Crippen MR) is 112 cm³/mol. The van der Waals surface area contributed by atoms with Crippen molar-refractivity contribution in [2.24, 2.45) is 7.05 Å². The molecule has 2 aromatic heterocycles. The molecule has 0 saturated heterocycles. The molecule has 7 heteroatoms. The number of carbonyl (C=O) groups is 1. The highest BCUT2D eigenvalue weighted by Crippen LogP contribution is 2.33. The van der Waals surface area contributed by atoms with Crippen LogP contribution in [0.1, 0.15) is 10.5 Å². The summed E-state index contributed by atoms with van der Waals surface area (Å²) in [6.07, 6.45) is 0. The van der Waals surface area contributed by atoms with Crippen molar-refractivity contribution < 1.29 is 14.3 Å². The molecule has 1 amide bonds. The Labute approximate surface area is 166 Å². The van der Waals surface area contributed by atoms with Gasteiger partial charge in [0, 0.05) is 28.9 Å². The smallest absolute Gasteiger partial charge is 0.274 e. The molecule has 2 heterocycles. The van der Waals surface area contributed by atoms with Crippen LogP contribution in [-0.4, -0.2) is 29.7 Å². The molecule has 0 bridgehead atoms. The first-order valence-corrected chi connectivity index (χ1v) is 9.52. The fourth-order valence-corrected chi connectivity index (χ4v) is 3.84. The summed E-state index contributed by atoms with van der Waals surface area (Å²) < 4.78 is 12.5. The fourth-order valence-electron chi connectivity index (χ4n) is 3.13. The third-order valence-corrected chi connectivity index (χ3v) is 5.35. The Morgan fingerprint density at radius 2 is 1.86 bits per heavy atom. The van der Waals surface area contributed by atoms with E-state index in [1.165, 1.54) is 11.3 Å². The molecule has 0 saturated carbocycles. The van der Waals surface area contributed by atoms with Gasteiger partial charge in [0.15, 0.2) is 16.6 Å². The molecular formula is C21H19N3O3S. The first-order chi connectivity index (χ1) is 13.6. The highest BCUT2D eigenvalue weighted by Gasteiger charge is 2.15. The van der Waals surface area contributed by atoms with Crippen LogP contribution in [-0.2, 0) is 7.05 Å². The number of anilines is 1. The highest BCUT2D eigenvalue weighted by atomic mass is 32.1. The van der Waals surface area contributed by atoms with Gasteiger partial charge in [0.1, 0.15) is 5.69 Å². The Balaban J connectivity index is 1.58. The molecule has 0 fully saturated rings. The van der Waals surface area contributed by atoms with Crippen molar-refractivity contribution in [1.29, 1.82) is 0 Å². The van der Waals surface area contributed by atoms with Crippen LogP contribution in [0.2, 0.25) is 0 Å². The molecule has 0 aliphatic rings. The lowest BCUT2D eigenvalue weighted by molar-refractivity contribution is 0.101. The molecule has 0 spiro atoms. The number of para-hydroxylation sites is 1. The minimum atomic E-state index is -0.188. The third kappa shape index (κ3) is 3.20. The largest absolute Gasteiger partial charge is 0.493 e. The van der Waals surface area contributed by atoms with Crippen molar-refractivity contribution in [3.63, 3.8) is 0 Å². The maximum absolute atomic E-state index is 12.7. The second-order valence-electron chi connectivity index (χ2n) is 6.21. The monoisotopic (exact) mass is 393 g/mol. The number of benzene rings is 2. The Kier molecular flexibility index (Phi) is 4.75. The zero-order chi connectivity index (χ0) is 19.7. The second kappa shape index (κ2) is 7.36. The molecule has 1 N–H and O–H groups in total. The van der Waals surface area contributed by atoms with Gasteiger partial charge >= 0.3 is 0 Å². The van der Waals surface area contributed by atoms with Crippen LogP contribution in [0.5, 0.6) is 11.5 Å². The van der Waals surface area contributed by atoms with E-state index in [1.807, 2.05) is 65.5 Å². The van der Waals surface area contributed by atoms with Crippen LogP contribution in [0.4, 0.5) is 5.13 Å².